The van der Waals surface area contributed by atoms with Crippen LogP contribution >= 0.6 is 0 Å². The first-order valence-corrected chi connectivity index (χ1v) is 7.64. The number of benzene rings is 1. The lowest BCUT2D eigenvalue weighted by molar-refractivity contribution is 0.142. The quantitative estimate of drug-likeness (QED) is 0.852. The van der Waals surface area contributed by atoms with Gasteiger partial charge in [0.2, 0.25) is 0 Å². The third kappa shape index (κ3) is 1.99. The molecule has 0 radical (unpaired) electrons. The molecule has 0 aromatic heterocycles. The van der Waals surface area contributed by atoms with Crippen molar-refractivity contribution in [2.24, 2.45) is 11.7 Å². The first kappa shape index (κ1) is 12.2. The van der Waals surface area contributed by atoms with Gasteiger partial charge in [0.1, 0.15) is 0 Å². The van der Waals surface area contributed by atoms with E-state index in [2.05, 4.69) is 30.3 Å². The highest BCUT2D eigenvalue weighted by atomic mass is 14.7. The molecule has 0 amide bonds. The van der Waals surface area contributed by atoms with Crippen molar-refractivity contribution < 1.29 is 0 Å². The maximum atomic E-state index is 6.72. The van der Waals surface area contributed by atoms with Gasteiger partial charge in [0.25, 0.3) is 0 Å². The lowest BCUT2D eigenvalue weighted by atomic mass is 9.59. The summed E-state index contributed by atoms with van der Waals surface area (Å²) in [4.78, 5) is 0. The van der Waals surface area contributed by atoms with E-state index in [1.54, 1.807) is 0 Å². The van der Waals surface area contributed by atoms with Gasteiger partial charge in [0, 0.05) is 11.5 Å². The minimum Gasteiger partial charge on any atom is -0.327 e. The number of hydrogen-bond acceptors (Lipinski definition) is 1. The van der Waals surface area contributed by atoms with Gasteiger partial charge >= 0.3 is 0 Å². The third-order valence-corrected chi connectivity index (χ3v) is 5.39. The molecule has 3 rings (SSSR count). The van der Waals surface area contributed by atoms with E-state index in [1.165, 1.54) is 56.9 Å². The molecular weight excluding hydrogens is 218 g/mol. The highest BCUT2D eigenvalue weighted by Crippen LogP contribution is 2.46. The highest BCUT2D eigenvalue weighted by Gasteiger charge is 2.43. The molecule has 1 aromatic carbocycles. The summed E-state index contributed by atoms with van der Waals surface area (Å²) in [6.07, 6.45) is 10.8. The van der Waals surface area contributed by atoms with Gasteiger partial charge in [0.05, 0.1) is 0 Å². The van der Waals surface area contributed by atoms with Gasteiger partial charge in [-0.25, -0.2) is 0 Å². The lowest BCUT2D eigenvalue weighted by Gasteiger charge is -2.48. The Hall–Kier alpha value is -0.820. The summed E-state index contributed by atoms with van der Waals surface area (Å²) >= 11 is 0. The molecule has 0 heterocycles. The van der Waals surface area contributed by atoms with Crippen LogP contribution < -0.4 is 5.73 Å². The molecule has 1 atom stereocenters. The molecule has 2 saturated carbocycles. The van der Waals surface area contributed by atoms with Crippen LogP contribution in [0.5, 0.6) is 0 Å². The van der Waals surface area contributed by atoms with Crippen molar-refractivity contribution in [1.82, 2.24) is 0 Å². The first-order chi connectivity index (χ1) is 8.83. The molecule has 98 valence electrons. The Morgan fingerprint density at radius 2 is 1.61 bits per heavy atom. The molecule has 2 N–H and O–H groups in total. The van der Waals surface area contributed by atoms with Crippen molar-refractivity contribution in [3.63, 3.8) is 0 Å². The predicted molar refractivity (Wildman–Crippen MR) is 76.5 cm³/mol. The van der Waals surface area contributed by atoms with Crippen LogP contribution in [0.15, 0.2) is 30.3 Å². The molecule has 0 spiro atoms. The SMILES string of the molecule is NC(C1CCC1)C1(c2ccccc2)CCCCC1. The number of rotatable bonds is 3. The Labute approximate surface area is 111 Å². The summed E-state index contributed by atoms with van der Waals surface area (Å²) in [5.74, 6) is 0.781. The van der Waals surface area contributed by atoms with E-state index >= 15 is 0 Å². The van der Waals surface area contributed by atoms with Crippen molar-refractivity contribution in [2.75, 3.05) is 0 Å². The van der Waals surface area contributed by atoms with Crippen LogP contribution in [0.1, 0.15) is 56.9 Å². The standard InChI is InChI=1S/C17H25N/c18-16(14-8-7-9-14)17(12-5-2-6-13-17)15-10-3-1-4-11-15/h1,3-4,10-11,14,16H,2,5-9,12-13,18H2. The van der Waals surface area contributed by atoms with E-state index in [4.69, 9.17) is 5.73 Å². The second-order valence-electron chi connectivity index (χ2n) is 6.30. The summed E-state index contributed by atoms with van der Waals surface area (Å²) in [6.45, 7) is 0. The fourth-order valence-corrected chi connectivity index (χ4v) is 4.02. The van der Waals surface area contributed by atoms with Crippen LogP contribution in [0.4, 0.5) is 0 Å². The monoisotopic (exact) mass is 243 g/mol. The van der Waals surface area contributed by atoms with Crippen LogP contribution in [0.2, 0.25) is 0 Å². The maximum Gasteiger partial charge on any atom is 0.0165 e. The van der Waals surface area contributed by atoms with E-state index in [-0.39, 0.29) is 5.41 Å². The molecule has 0 saturated heterocycles. The minimum atomic E-state index is 0.282. The van der Waals surface area contributed by atoms with Crippen molar-refractivity contribution in [1.29, 1.82) is 0 Å². The molecule has 2 fully saturated rings. The van der Waals surface area contributed by atoms with E-state index in [1.807, 2.05) is 0 Å². The average molecular weight is 243 g/mol. The molecule has 1 nitrogen and oxygen atoms in total. The molecular formula is C17H25N. The summed E-state index contributed by atoms with van der Waals surface area (Å²) in [6, 6.07) is 11.5. The molecule has 2 aliphatic rings. The fourth-order valence-electron chi connectivity index (χ4n) is 4.02. The van der Waals surface area contributed by atoms with Gasteiger partial charge < -0.3 is 5.73 Å². The van der Waals surface area contributed by atoms with Crippen LogP contribution in [0.25, 0.3) is 0 Å². The highest BCUT2D eigenvalue weighted by molar-refractivity contribution is 5.29. The Kier molecular flexibility index (Phi) is 3.43. The minimum absolute atomic E-state index is 0.282. The smallest absolute Gasteiger partial charge is 0.0165 e. The van der Waals surface area contributed by atoms with Crippen LogP contribution in [-0.2, 0) is 5.41 Å². The van der Waals surface area contributed by atoms with Gasteiger partial charge in [-0.1, -0.05) is 56.0 Å². The van der Waals surface area contributed by atoms with Gasteiger partial charge in [-0.3, -0.25) is 0 Å². The van der Waals surface area contributed by atoms with Gasteiger partial charge in [-0.05, 0) is 37.2 Å². The second kappa shape index (κ2) is 5.05. The zero-order valence-corrected chi connectivity index (χ0v) is 11.3. The molecule has 18 heavy (non-hydrogen) atoms. The van der Waals surface area contributed by atoms with Crippen molar-refractivity contribution in [2.45, 2.75) is 62.8 Å². The number of nitrogens with two attached hydrogens (primary N) is 1. The zero-order chi connectivity index (χ0) is 12.4. The van der Waals surface area contributed by atoms with E-state index < -0.39 is 0 Å². The van der Waals surface area contributed by atoms with E-state index in [0.29, 0.717) is 6.04 Å². The molecule has 1 unspecified atom stereocenters. The second-order valence-corrected chi connectivity index (χ2v) is 6.30. The largest absolute Gasteiger partial charge is 0.327 e. The molecule has 1 heteroatoms. The van der Waals surface area contributed by atoms with Crippen molar-refractivity contribution in [3.8, 4) is 0 Å². The fraction of sp³-hybridized carbons (Fsp3) is 0.647. The van der Waals surface area contributed by atoms with Gasteiger partial charge in [0.15, 0.2) is 0 Å². The molecule has 0 aliphatic heterocycles. The topological polar surface area (TPSA) is 26.0 Å². The lowest BCUT2D eigenvalue weighted by Crippen LogP contribution is -2.52. The van der Waals surface area contributed by atoms with Gasteiger partial charge in [-0.2, -0.15) is 0 Å². The Morgan fingerprint density at radius 3 is 2.17 bits per heavy atom. The zero-order valence-electron chi connectivity index (χ0n) is 11.3. The summed E-state index contributed by atoms with van der Waals surface area (Å²) in [5, 5.41) is 0. The average Bonchev–Trinajstić information content (AvgIpc) is 2.38. The predicted octanol–water partition coefficient (Wildman–Crippen LogP) is 4.02. The molecule has 1 aromatic rings. The summed E-state index contributed by atoms with van der Waals surface area (Å²) < 4.78 is 0. The van der Waals surface area contributed by atoms with Crippen molar-refractivity contribution in [3.05, 3.63) is 35.9 Å². The number of hydrogen-bond donors (Lipinski definition) is 1. The normalized spacial score (nSPS) is 25.4. The van der Waals surface area contributed by atoms with E-state index in [9.17, 15) is 0 Å². The third-order valence-electron chi connectivity index (χ3n) is 5.39. The van der Waals surface area contributed by atoms with Crippen LogP contribution in [-0.4, -0.2) is 6.04 Å². The molecule has 2 aliphatic carbocycles. The maximum absolute atomic E-state index is 6.72. The summed E-state index contributed by atoms with van der Waals surface area (Å²) in [7, 11) is 0. The molecule has 0 bridgehead atoms. The van der Waals surface area contributed by atoms with Crippen LogP contribution in [0.3, 0.4) is 0 Å². The Balaban J connectivity index is 1.92. The Bertz CT molecular complexity index is 374. The van der Waals surface area contributed by atoms with Gasteiger partial charge in [-0.15, -0.1) is 0 Å². The first-order valence-electron chi connectivity index (χ1n) is 7.64. The summed E-state index contributed by atoms with van der Waals surface area (Å²) in [5.41, 5.74) is 8.51. The van der Waals surface area contributed by atoms with Crippen molar-refractivity contribution >= 4 is 0 Å². The van der Waals surface area contributed by atoms with E-state index in [0.717, 1.165) is 5.92 Å². The Morgan fingerprint density at radius 1 is 0.944 bits per heavy atom. The van der Waals surface area contributed by atoms with Crippen LogP contribution in [0, 0.1) is 5.92 Å².